The third kappa shape index (κ3) is 5.33. The molecule has 9 nitrogen and oxygen atoms in total. The summed E-state index contributed by atoms with van der Waals surface area (Å²) in [6.07, 6.45) is 3.56. The Morgan fingerprint density at radius 1 is 1.02 bits per heavy atom. The van der Waals surface area contributed by atoms with Crippen LogP contribution in [0.15, 0.2) is 73.1 Å². The Kier molecular flexibility index (Phi) is 7.30. The van der Waals surface area contributed by atoms with E-state index in [9.17, 15) is 9.50 Å². The van der Waals surface area contributed by atoms with Gasteiger partial charge in [-0.1, -0.05) is 12.1 Å². The van der Waals surface area contributed by atoms with Crippen LogP contribution in [0.25, 0.3) is 22.2 Å². The van der Waals surface area contributed by atoms with Crippen LogP contribution in [0.1, 0.15) is 5.56 Å². The average molecular weight is 556 g/mol. The molecule has 0 radical (unpaired) electrons. The highest BCUT2D eigenvalue weighted by atomic mass is 19.1. The molecule has 3 aromatic heterocycles. The van der Waals surface area contributed by atoms with Crippen molar-refractivity contribution in [3.05, 3.63) is 84.4 Å². The molecule has 6 rings (SSSR count). The molecule has 1 fully saturated rings. The van der Waals surface area contributed by atoms with Crippen LogP contribution in [0.2, 0.25) is 0 Å². The lowest BCUT2D eigenvalue weighted by Gasteiger charge is -2.28. The molecular formula is C31H30FN5O4. The van der Waals surface area contributed by atoms with Gasteiger partial charge in [0.1, 0.15) is 23.1 Å². The van der Waals surface area contributed by atoms with Gasteiger partial charge in [0.25, 0.3) is 0 Å². The van der Waals surface area contributed by atoms with Gasteiger partial charge in [-0.25, -0.2) is 14.4 Å². The molecule has 1 saturated heterocycles. The van der Waals surface area contributed by atoms with Gasteiger partial charge in [-0.15, -0.1) is 0 Å². The number of nitrogens with zero attached hydrogens (tertiary/aromatic N) is 4. The van der Waals surface area contributed by atoms with Crippen LogP contribution in [-0.4, -0.2) is 60.2 Å². The van der Waals surface area contributed by atoms with E-state index in [0.717, 1.165) is 24.3 Å². The molecule has 0 spiro atoms. The maximum absolute atomic E-state index is 14.8. The highest BCUT2D eigenvalue weighted by molar-refractivity contribution is 5.99. The largest absolute Gasteiger partial charge is 0.497 e. The number of rotatable bonds is 8. The minimum absolute atomic E-state index is 0.0119. The van der Waals surface area contributed by atoms with E-state index in [0.29, 0.717) is 64.9 Å². The number of aromatic nitrogens is 3. The van der Waals surface area contributed by atoms with Gasteiger partial charge >= 0.3 is 0 Å². The molecule has 0 atom stereocenters. The summed E-state index contributed by atoms with van der Waals surface area (Å²) >= 11 is 0. The molecule has 5 aromatic rings. The summed E-state index contributed by atoms with van der Waals surface area (Å²) in [6.45, 7) is 3.31. The maximum Gasteiger partial charge on any atom is 0.203 e. The summed E-state index contributed by atoms with van der Waals surface area (Å²) in [6, 6.07) is 17.6. The molecular weight excluding hydrogens is 525 g/mol. The van der Waals surface area contributed by atoms with Crippen LogP contribution < -0.4 is 19.7 Å². The fraction of sp³-hybridized carbons (Fsp3) is 0.226. The summed E-state index contributed by atoms with van der Waals surface area (Å²) in [4.78, 5) is 11.6. The third-order valence-electron chi connectivity index (χ3n) is 7.19. The fourth-order valence-corrected chi connectivity index (χ4v) is 5.04. The van der Waals surface area contributed by atoms with E-state index in [4.69, 9.17) is 19.2 Å². The van der Waals surface area contributed by atoms with Crippen molar-refractivity contribution in [1.29, 1.82) is 0 Å². The Balaban J connectivity index is 1.40. The number of morpholine rings is 1. The van der Waals surface area contributed by atoms with Gasteiger partial charge in [-0.3, -0.25) is 0 Å². The number of hydrogen-bond acceptors (Lipinski definition) is 8. The van der Waals surface area contributed by atoms with Gasteiger partial charge in [0.2, 0.25) is 5.88 Å². The first-order valence-electron chi connectivity index (χ1n) is 13.3. The van der Waals surface area contributed by atoms with Crippen molar-refractivity contribution in [3.8, 4) is 28.6 Å². The SMILES string of the molecule is COc1ccc(Cn2cc3nc(-c4ccccc4F)cc(Nc4ccc(N5CCOCC5)cn4)c3c2O)c(OC)c1. The van der Waals surface area contributed by atoms with Gasteiger partial charge in [-0.05, 0) is 42.5 Å². The molecule has 0 amide bonds. The van der Waals surface area contributed by atoms with Gasteiger partial charge < -0.3 is 34.1 Å². The fourth-order valence-electron chi connectivity index (χ4n) is 5.04. The van der Waals surface area contributed by atoms with Gasteiger partial charge in [0.15, 0.2) is 0 Å². The first-order valence-corrected chi connectivity index (χ1v) is 13.3. The van der Waals surface area contributed by atoms with Crippen molar-refractivity contribution in [2.45, 2.75) is 6.54 Å². The molecule has 1 aliphatic rings. The second kappa shape index (κ2) is 11.3. The number of pyridine rings is 2. The van der Waals surface area contributed by atoms with Crippen molar-refractivity contribution in [1.82, 2.24) is 14.5 Å². The molecule has 0 unspecified atom stereocenters. The molecule has 4 heterocycles. The zero-order valence-electron chi connectivity index (χ0n) is 22.8. The van der Waals surface area contributed by atoms with Crippen molar-refractivity contribution in [3.63, 3.8) is 0 Å². The van der Waals surface area contributed by atoms with Crippen molar-refractivity contribution >= 4 is 28.1 Å². The molecule has 0 saturated carbocycles. The van der Waals surface area contributed by atoms with E-state index < -0.39 is 0 Å². The Hall–Kier alpha value is -4.83. The van der Waals surface area contributed by atoms with Gasteiger partial charge in [0, 0.05) is 36.5 Å². The number of hydrogen-bond donors (Lipinski definition) is 2. The monoisotopic (exact) mass is 555 g/mol. The zero-order chi connectivity index (χ0) is 28.3. The predicted octanol–water partition coefficient (Wildman–Crippen LogP) is 5.59. The number of halogens is 1. The van der Waals surface area contributed by atoms with Gasteiger partial charge in [0.05, 0.1) is 68.1 Å². The van der Waals surface area contributed by atoms with E-state index in [1.807, 2.05) is 30.5 Å². The van der Waals surface area contributed by atoms with Crippen LogP contribution in [0.5, 0.6) is 17.4 Å². The van der Waals surface area contributed by atoms with Crippen molar-refractivity contribution in [2.24, 2.45) is 0 Å². The summed E-state index contributed by atoms with van der Waals surface area (Å²) in [5.41, 5.74) is 3.70. The number of benzene rings is 2. The number of fused-ring (bicyclic) bond motifs is 1. The van der Waals surface area contributed by atoms with Crippen LogP contribution >= 0.6 is 0 Å². The number of aromatic hydroxyl groups is 1. The normalized spacial score (nSPS) is 13.4. The number of methoxy groups -OCH3 is 2. The van der Waals surface area contributed by atoms with E-state index >= 15 is 0 Å². The minimum Gasteiger partial charge on any atom is -0.497 e. The molecule has 41 heavy (non-hydrogen) atoms. The molecule has 1 aliphatic heterocycles. The number of anilines is 3. The Labute approximate surface area is 236 Å². The standard InChI is InChI=1S/C31H30FN5O4/c1-39-22-9-7-20(28(15-22)40-2)18-37-19-27-30(31(37)38)26(16-25(34-27)23-5-3-4-6-24(23)32)35-29-10-8-21(17-33-29)36-11-13-41-14-12-36/h3-10,15-17,19,38H,11-14,18H2,1-2H3,(H,33,35). The zero-order valence-corrected chi connectivity index (χ0v) is 22.8. The molecule has 0 aliphatic carbocycles. The maximum atomic E-state index is 14.8. The highest BCUT2D eigenvalue weighted by Crippen LogP contribution is 2.38. The van der Waals surface area contributed by atoms with Gasteiger partial charge in [-0.2, -0.15) is 0 Å². The second-order valence-corrected chi connectivity index (χ2v) is 9.68. The molecule has 2 N–H and O–H groups in total. The lowest BCUT2D eigenvalue weighted by atomic mass is 10.1. The first kappa shape index (κ1) is 26.4. The van der Waals surface area contributed by atoms with Crippen molar-refractivity contribution in [2.75, 3.05) is 50.7 Å². The first-order chi connectivity index (χ1) is 20.0. The molecule has 210 valence electrons. The van der Waals surface area contributed by atoms with E-state index in [-0.39, 0.29) is 11.7 Å². The van der Waals surface area contributed by atoms with Crippen molar-refractivity contribution < 1.29 is 23.7 Å². The predicted molar refractivity (Wildman–Crippen MR) is 156 cm³/mol. The summed E-state index contributed by atoms with van der Waals surface area (Å²) in [7, 11) is 3.18. The lowest BCUT2D eigenvalue weighted by Crippen LogP contribution is -2.36. The Morgan fingerprint density at radius 3 is 2.59 bits per heavy atom. The Bertz CT molecular complexity index is 1680. The van der Waals surface area contributed by atoms with E-state index in [2.05, 4.69) is 15.2 Å². The van der Waals surface area contributed by atoms with Crippen LogP contribution in [-0.2, 0) is 11.3 Å². The Morgan fingerprint density at radius 2 is 1.85 bits per heavy atom. The topological polar surface area (TPSA) is 93.9 Å². The molecule has 2 aromatic carbocycles. The molecule has 10 heteroatoms. The third-order valence-corrected chi connectivity index (χ3v) is 7.19. The smallest absolute Gasteiger partial charge is 0.203 e. The highest BCUT2D eigenvalue weighted by Gasteiger charge is 2.20. The summed E-state index contributed by atoms with van der Waals surface area (Å²) in [5.74, 6) is 1.51. The van der Waals surface area contributed by atoms with E-state index in [1.54, 1.807) is 55.3 Å². The van der Waals surface area contributed by atoms with Crippen LogP contribution in [0, 0.1) is 5.82 Å². The van der Waals surface area contributed by atoms with Crippen LogP contribution in [0.3, 0.4) is 0 Å². The summed E-state index contributed by atoms with van der Waals surface area (Å²) in [5, 5.41) is 15.2. The summed E-state index contributed by atoms with van der Waals surface area (Å²) < 4.78 is 32.8. The van der Waals surface area contributed by atoms with Crippen LogP contribution in [0.4, 0.5) is 21.6 Å². The quantitative estimate of drug-likeness (QED) is 0.256. The minimum atomic E-state index is -0.384. The lowest BCUT2D eigenvalue weighted by molar-refractivity contribution is 0.122. The van der Waals surface area contributed by atoms with E-state index in [1.165, 1.54) is 6.07 Å². The average Bonchev–Trinajstić information content (AvgIpc) is 3.33. The molecule has 0 bridgehead atoms. The number of ether oxygens (including phenoxy) is 3. The number of nitrogens with one attached hydrogen (secondary N) is 1. The second-order valence-electron chi connectivity index (χ2n) is 9.68.